The summed E-state index contributed by atoms with van der Waals surface area (Å²) < 4.78 is 5.31. The van der Waals surface area contributed by atoms with E-state index >= 15 is 0 Å². The van der Waals surface area contributed by atoms with Crippen LogP contribution in [-0.4, -0.2) is 53.7 Å². The molecule has 174 valence electrons. The number of ether oxygens (including phenoxy) is 1. The molecular weight excluding hydrogens is 430 g/mol. The lowest BCUT2D eigenvalue weighted by Gasteiger charge is -2.27. The molecule has 0 bridgehead atoms. The molecule has 8 heteroatoms. The van der Waals surface area contributed by atoms with Crippen LogP contribution in [0, 0.1) is 0 Å². The summed E-state index contributed by atoms with van der Waals surface area (Å²) in [4.78, 5) is 28.5. The number of nitrogens with two attached hydrogens (primary N) is 1. The monoisotopic (exact) mass is 457 g/mol. The van der Waals surface area contributed by atoms with Crippen LogP contribution in [-0.2, 0) is 20.8 Å². The molecule has 0 spiro atoms. The molecule has 0 radical (unpaired) electrons. The van der Waals surface area contributed by atoms with Crippen LogP contribution in [0.4, 0.5) is 5.95 Å². The van der Waals surface area contributed by atoms with Gasteiger partial charge in [0.1, 0.15) is 0 Å². The standard InChI is InChI=1S/C26H27N5O3/c27-26-28-16-22-23(29-26)14-19(21-9-5-4-8-20(21)18-6-2-1-3-7-18)15-24(22)30-34-17-25(32)31-10-12-33-13-11-31/h1-9,15-16,19,30H,10-14,17H2,(H2,27,28,29). The number of allylic oxidation sites excluding steroid dienone is 1. The van der Waals surface area contributed by atoms with E-state index in [1.54, 1.807) is 11.1 Å². The van der Waals surface area contributed by atoms with Crippen molar-refractivity contribution in [3.63, 3.8) is 0 Å². The fraction of sp³-hybridized carbons (Fsp3) is 0.269. The highest BCUT2D eigenvalue weighted by atomic mass is 16.6. The van der Waals surface area contributed by atoms with Gasteiger partial charge in [0.05, 0.1) is 24.6 Å². The molecule has 1 unspecified atom stereocenters. The van der Waals surface area contributed by atoms with Crippen molar-refractivity contribution in [3.05, 3.63) is 83.7 Å². The van der Waals surface area contributed by atoms with Crippen molar-refractivity contribution in [1.29, 1.82) is 0 Å². The maximum absolute atomic E-state index is 12.5. The number of hydrogen-bond donors (Lipinski definition) is 2. The van der Waals surface area contributed by atoms with Crippen molar-refractivity contribution in [2.75, 3.05) is 38.6 Å². The van der Waals surface area contributed by atoms with E-state index in [1.807, 2.05) is 30.3 Å². The summed E-state index contributed by atoms with van der Waals surface area (Å²) in [6, 6.07) is 18.7. The van der Waals surface area contributed by atoms with Gasteiger partial charge in [0.2, 0.25) is 5.95 Å². The van der Waals surface area contributed by atoms with Crippen LogP contribution in [0.5, 0.6) is 0 Å². The lowest BCUT2D eigenvalue weighted by atomic mass is 9.83. The molecule has 1 atom stereocenters. The molecule has 0 saturated carbocycles. The molecule has 5 rings (SSSR count). The maximum atomic E-state index is 12.5. The van der Waals surface area contributed by atoms with Crippen LogP contribution in [0.25, 0.3) is 16.8 Å². The van der Waals surface area contributed by atoms with Gasteiger partial charge in [-0.1, -0.05) is 60.7 Å². The number of nitrogens with zero attached hydrogens (tertiary/aromatic N) is 3. The van der Waals surface area contributed by atoms with Crippen LogP contribution in [0.1, 0.15) is 22.7 Å². The van der Waals surface area contributed by atoms with Crippen LogP contribution in [0.15, 0.2) is 66.9 Å². The second-order valence-electron chi connectivity index (χ2n) is 8.32. The summed E-state index contributed by atoms with van der Waals surface area (Å²) in [5, 5.41) is 0. The molecule has 8 nitrogen and oxygen atoms in total. The number of fused-ring (bicyclic) bond motifs is 1. The van der Waals surface area contributed by atoms with Gasteiger partial charge < -0.3 is 15.4 Å². The molecule has 2 aromatic carbocycles. The summed E-state index contributed by atoms with van der Waals surface area (Å²) in [5.41, 5.74) is 14.8. The molecule has 2 aliphatic rings. The second kappa shape index (κ2) is 10.0. The number of nitrogens with one attached hydrogen (secondary N) is 1. The second-order valence-corrected chi connectivity index (χ2v) is 8.32. The minimum Gasteiger partial charge on any atom is -0.378 e. The van der Waals surface area contributed by atoms with Gasteiger partial charge in [0, 0.05) is 37.2 Å². The van der Waals surface area contributed by atoms with Crippen molar-refractivity contribution >= 4 is 17.6 Å². The molecule has 1 aliphatic carbocycles. The quantitative estimate of drug-likeness (QED) is 0.549. The van der Waals surface area contributed by atoms with Crippen LogP contribution >= 0.6 is 0 Å². The third kappa shape index (κ3) is 4.78. The number of hydroxylamine groups is 1. The van der Waals surface area contributed by atoms with Crippen molar-refractivity contribution in [2.24, 2.45) is 0 Å². The van der Waals surface area contributed by atoms with E-state index in [0.29, 0.717) is 32.7 Å². The van der Waals surface area contributed by atoms with E-state index in [0.717, 1.165) is 28.1 Å². The number of hydrogen-bond acceptors (Lipinski definition) is 7. The van der Waals surface area contributed by atoms with Crippen molar-refractivity contribution in [2.45, 2.75) is 12.3 Å². The minimum absolute atomic E-state index is 0.0410. The zero-order chi connectivity index (χ0) is 23.3. The predicted octanol–water partition coefficient (Wildman–Crippen LogP) is 2.79. The number of benzene rings is 2. The Bertz CT molecular complexity index is 1190. The smallest absolute Gasteiger partial charge is 0.251 e. The molecule has 1 aromatic heterocycles. The van der Waals surface area contributed by atoms with Gasteiger partial charge in [-0.2, -0.15) is 0 Å². The van der Waals surface area contributed by atoms with Crippen molar-refractivity contribution < 1.29 is 14.4 Å². The first-order chi connectivity index (χ1) is 16.7. The Labute approximate surface area is 198 Å². The first-order valence-corrected chi connectivity index (χ1v) is 11.4. The number of aromatic nitrogens is 2. The summed E-state index contributed by atoms with van der Waals surface area (Å²) in [6.45, 7) is 2.20. The zero-order valence-electron chi connectivity index (χ0n) is 18.8. The average Bonchev–Trinajstić information content (AvgIpc) is 2.89. The van der Waals surface area contributed by atoms with Gasteiger partial charge in [-0.05, 0) is 16.7 Å². The van der Waals surface area contributed by atoms with E-state index in [2.05, 4.69) is 45.8 Å². The third-order valence-corrected chi connectivity index (χ3v) is 6.14. The predicted molar refractivity (Wildman–Crippen MR) is 129 cm³/mol. The Morgan fingerprint density at radius 3 is 2.68 bits per heavy atom. The number of rotatable bonds is 6. The molecule has 2 heterocycles. The highest BCUT2D eigenvalue weighted by Crippen LogP contribution is 2.37. The van der Waals surface area contributed by atoms with E-state index < -0.39 is 0 Å². The number of anilines is 1. The van der Waals surface area contributed by atoms with Gasteiger partial charge in [0.25, 0.3) is 5.91 Å². The first-order valence-electron chi connectivity index (χ1n) is 11.4. The summed E-state index contributed by atoms with van der Waals surface area (Å²) in [5.74, 6) is 0.199. The average molecular weight is 458 g/mol. The number of carbonyl (C=O) groups is 1. The SMILES string of the molecule is Nc1ncc2c(n1)CC(c1ccccc1-c1ccccc1)C=C2NOCC(=O)N1CCOCC1. The van der Waals surface area contributed by atoms with Crippen molar-refractivity contribution in [1.82, 2.24) is 20.3 Å². The Morgan fingerprint density at radius 2 is 1.85 bits per heavy atom. The van der Waals surface area contributed by atoms with Crippen LogP contribution in [0.2, 0.25) is 0 Å². The fourth-order valence-corrected chi connectivity index (χ4v) is 4.44. The van der Waals surface area contributed by atoms with Crippen molar-refractivity contribution in [3.8, 4) is 11.1 Å². The molecule has 3 N–H and O–H groups in total. The van der Waals surface area contributed by atoms with Gasteiger partial charge in [-0.15, -0.1) is 0 Å². The van der Waals surface area contributed by atoms with E-state index in [9.17, 15) is 4.79 Å². The minimum atomic E-state index is -0.0769. The molecule has 1 fully saturated rings. The first kappa shape index (κ1) is 22.1. The number of nitrogen functional groups attached to an aromatic ring is 1. The maximum Gasteiger partial charge on any atom is 0.251 e. The Hall–Kier alpha value is -3.75. The van der Waals surface area contributed by atoms with Gasteiger partial charge >= 0.3 is 0 Å². The molecule has 1 amide bonds. The van der Waals surface area contributed by atoms with Crippen LogP contribution < -0.4 is 11.2 Å². The Morgan fingerprint density at radius 1 is 1.09 bits per heavy atom. The fourth-order valence-electron chi connectivity index (χ4n) is 4.44. The van der Waals surface area contributed by atoms with Crippen LogP contribution in [0.3, 0.4) is 0 Å². The Kier molecular flexibility index (Phi) is 6.51. The highest BCUT2D eigenvalue weighted by Gasteiger charge is 2.25. The summed E-state index contributed by atoms with van der Waals surface area (Å²) in [6.07, 6.45) is 4.50. The number of carbonyl (C=O) groups excluding carboxylic acids is 1. The molecule has 34 heavy (non-hydrogen) atoms. The van der Waals surface area contributed by atoms with E-state index in [-0.39, 0.29) is 24.4 Å². The molecule has 3 aromatic rings. The van der Waals surface area contributed by atoms with Gasteiger partial charge in [-0.25, -0.2) is 9.97 Å². The summed E-state index contributed by atoms with van der Waals surface area (Å²) >= 11 is 0. The van der Waals surface area contributed by atoms with Gasteiger partial charge in [-0.3, -0.25) is 15.1 Å². The van der Waals surface area contributed by atoms with E-state index in [1.165, 1.54) is 5.56 Å². The Balaban J connectivity index is 1.40. The molecule has 1 saturated heterocycles. The van der Waals surface area contributed by atoms with Gasteiger partial charge in [0.15, 0.2) is 6.61 Å². The summed E-state index contributed by atoms with van der Waals surface area (Å²) in [7, 11) is 0. The topological polar surface area (TPSA) is 103 Å². The number of morpholine rings is 1. The van der Waals surface area contributed by atoms with E-state index in [4.69, 9.17) is 15.3 Å². The molecular formula is C26H27N5O3. The largest absolute Gasteiger partial charge is 0.378 e. The number of amides is 1. The highest BCUT2D eigenvalue weighted by molar-refractivity contribution is 5.78. The zero-order valence-corrected chi connectivity index (χ0v) is 18.8. The normalized spacial score (nSPS) is 17.6. The lowest BCUT2D eigenvalue weighted by Crippen LogP contribution is -2.43. The lowest BCUT2D eigenvalue weighted by molar-refractivity contribution is -0.141. The third-order valence-electron chi connectivity index (χ3n) is 6.14. The molecule has 1 aliphatic heterocycles.